The molecule has 0 radical (unpaired) electrons. The minimum Gasteiger partial charge on any atom is -0.430 e. The van der Waals surface area contributed by atoms with Crippen LogP contribution in [0.4, 0.5) is 10.5 Å². The number of hydrogen-bond donors (Lipinski definition) is 1. The van der Waals surface area contributed by atoms with Gasteiger partial charge in [0.25, 0.3) is 0 Å². The standard InChI is InChI=1S/C22H22BrClN2O4/c1-2-11-29-22(28)30-16-9-8-15(17(23)13-16)12-19(25)21(27)26-10-4-6-14-5-3-7-18(24)20(14)26/h2-3,5,7-9,13,19H,1,4,6,10-12,25H2/t19-/m0/s1. The number of amides is 1. The molecule has 0 aromatic heterocycles. The third kappa shape index (κ3) is 5.22. The van der Waals surface area contributed by atoms with Gasteiger partial charge < -0.3 is 20.1 Å². The van der Waals surface area contributed by atoms with E-state index in [-0.39, 0.29) is 12.5 Å². The molecule has 0 saturated carbocycles. The highest BCUT2D eigenvalue weighted by molar-refractivity contribution is 9.10. The molecule has 0 fully saturated rings. The predicted octanol–water partition coefficient (Wildman–Crippen LogP) is 4.65. The molecular formula is C22H22BrClN2O4. The van der Waals surface area contributed by atoms with Crippen LogP contribution in [-0.2, 0) is 22.4 Å². The number of carbonyl (C=O) groups is 2. The number of carbonyl (C=O) groups excluding carboxylic acids is 2. The molecule has 1 heterocycles. The topological polar surface area (TPSA) is 81.9 Å². The third-order valence-electron chi connectivity index (χ3n) is 4.74. The first-order valence-corrected chi connectivity index (χ1v) is 10.7. The van der Waals surface area contributed by atoms with Crippen LogP contribution in [0, 0.1) is 0 Å². The van der Waals surface area contributed by atoms with Crippen LogP contribution in [0.1, 0.15) is 17.5 Å². The summed E-state index contributed by atoms with van der Waals surface area (Å²) in [5.41, 5.74) is 8.89. The lowest BCUT2D eigenvalue weighted by Gasteiger charge is -2.32. The van der Waals surface area contributed by atoms with Crippen molar-refractivity contribution in [2.75, 3.05) is 18.1 Å². The number of nitrogens with zero attached hydrogens (tertiary/aromatic N) is 1. The molecule has 1 atom stereocenters. The summed E-state index contributed by atoms with van der Waals surface area (Å²) in [5.74, 6) is 0.139. The van der Waals surface area contributed by atoms with E-state index in [1.165, 1.54) is 6.08 Å². The zero-order valence-corrected chi connectivity index (χ0v) is 18.6. The van der Waals surface area contributed by atoms with Gasteiger partial charge in [0.1, 0.15) is 12.4 Å². The molecule has 1 aliphatic heterocycles. The number of para-hydroxylation sites is 1. The Kier molecular flexibility index (Phi) is 7.53. The Bertz CT molecular complexity index is 966. The lowest BCUT2D eigenvalue weighted by Crippen LogP contribution is -2.47. The van der Waals surface area contributed by atoms with Gasteiger partial charge in [-0.2, -0.15) is 0 Å². The SMILES string of the molecule is C=CCOC(=O)Oc1ccc(C[C@H](N)C(=O)N2CCCc3cccc(Cl)c32)c(Br)c1. The number of ether oxygens (including phenoxy) is 2. The Morgan fingerprint density at radius 1 is 1.33 bits per heavy atom. The highest BCUT2D eigenvalue weighted by Gasteiger charge is 2.28. The maximum atomic E-state index is 13.1. The smallest absolute Gasteiger partial charge is 0.430 e. The summed E-state index contributed by atoms with van der Waals surface area (Å²) in [5, 5.41) is 0.554. The molecule has 30 heavy (non-hydrogen) atoms. The van der Waals surface area contributed by atoms with E-state index in [0.29, 0.717) is 28.2 Å². The Balaban J connectivity index is 1.69. The van der Waals surface area contributed by atoms with E-state index < -0.39 is 12.2 Å². The lowest BCUT2D eigenvalue weighted by atomic mass is 9.99. The summed E-state index contributed by atoms with van der Waals surface area (Å²) in [7, 11) is 0. The van der Waals surface area contributed by atoms with Gasteiger partial charge >= 0.3 is 6.16 Å². The minimum absolute atomic E-state index is 0.0682. The first-order valence-electron chi connectivity index (χ1n) is 9.49. The van der Waals surface area contributed by atoms with Gasteiger partial charge in [-0.15, -0.1) is 0 Å². The monoisotopic (exact) mass is 492 g/mol. The maximum absolute atomic E-state index is 13.1. The Labute approximate surface area is 188 Å². The van der Waals surface area contributed by atoms with E-state index >= 15 is 0 Å². The summed E-state index contributed by atoms with van der Waals surface area (Å²) in [6, 6.07) is 9.93. The summed E-state index contributed by atoms with van der Waals surface area (Å²) in [6.45, 7) is 4.12. The second-order valence-electron chi connectivity index (χ2n) is 6.86. The number of anilines is 1. The normalized spacial score (nSPS) is 13.9. The predicted molar refractivity (Wildman–Crippen MR) is 120 cm³/mol. The molecule has 0 spiro atoms. The fraction of sp³-hybridized carbons (Fsp3) is 0.273. The molecule has 158 valence electrons. The number of rotatable bonds is 6. The summed E-state index contributed by atoms with van der Waals surface area (Å²) in [6.07, 6.45) is 2.70. The van der Waals surface area contributed by atoms with Crippen LogP contribution in [0.25, 0.3) is 0 Å². The largest absolute Gasteiger partial charge is 0.514 e. The molecular weight excluding hydrogens is 472 g/mol. The quantitative estimate of drug-likeness (QED) is 0.360. The Hall–Kier alpha value is -2.35. The Morgan fingerprint density at radius 3 is 2.87 bits per heavy atom. The van der Waals surface area contributed by atoms with Gasteiger partial charge in [-0.25, -0.2) is 4.79 Å². The van der Waals surface area contributed by atoms with Crippen molar-refractivity contribution in [3.63, 3.8) is 0 Å². The third-order valence-corrected chi connectivity index (χ3v) is 5.78. The molecule has 3 rings (SSSR count). The first kappa shape index (κ1) is 22.3. The summed E-state index contributed by atoms with van der Waals surface area (Å²) in [4.78, 5) is 26.3. The van der Waals surface area contributed by atoms with E-state index in [9.17, 15) is 9.59 Å². The molecule has 0 unspecified atom stereocenters. The van der Waals surface area contributed by atoms with E-state index in [1.807, 2.05) is 12.1 Å². The maximum Gasteiger partial charge on any atom is 0.514 e. The Morgan fingerprint density at radius 2 is 2.13 bits per heavy atom. The number of benzene rings is 2. The average Bonchev–Trinajstić information content (AvgIpc) is 2.73. The molecule has 2 aromatic rings. The molecule has 1 amide bonds. The fourth-order valence-electron chi connectivity index (χ4n) is 3.36. The van der Waals surface area contributed by atoms with Gasteiger partial charge in [0.2, 0.25) is 5.91 Å². The highest BCUT2D eigenvalue weighted by atomic mass is 79.9. The molecule has 0 bridgehead atoms. The summed E-state index contributed by atoms with van der Waals surface area (Å²) < 4.78 is 10.6. The lowest BCUT2D eigenvalue weighted by molar-refractivity contribution is -0.119. The van der Waals surface area contributed by atoms with Gasteiger partial charge in [0.05, 0.1) is 16.8 Å². The van der Waals surface area contributed by atoms with Gasteiger partial charge in [-0.3, -0.25) is 4.79 Å². The van der Waals surface area contributed by atoms with Crippen molar-refractivity contribution >= 4 is 45.3 Å². The van der Waals surface area contributed by atoms with Crippen molar-refractivity contribution in [3.05, 3.63) is 69.7 Å². The van der Waals surface area contributed by atoms with Crippen LogP contribution < -0.4 is 15.4 Å². The van der Waals surface area contributed by atoms with Crippen molar-refractivity contribution < 1.29 is 19.1 Å². The van der Waals surface area contributed by atoms with Crippen LogP contribution >= 0.6 is 27.5 Å². The number of hydrogen-bond acceptors (Lipinski definition) is 5. The minimum atomic E-state index is -0.818. The van der Waals surface area contributed by atoms with Crippen LogP contribution in [-0.4, -0.2) is 31.3 Å². The first-order chi connectivity index (χ1) is 14.4. The van der Waals surface area contributed by atoms with Gasteiger partial charge in [0, 0.05) is 11.0 Å². The van der Waals surface area contributed by atoms with Gasteiger partial charge in [-0.1, -0.05) is 58.4 Å². The number of halogens is 2. The van der Waals surface area contributed by atoms with Crippen molar-refractivity contribution in [3.8, 4) is 5.75 Å². The number of aryl methyl sites for hydroxylation is 1. The van der Waals surface area contributed by atoms with E-state index in [0.717, 1.165) is 29.7 Å². The molecule has 1 aliphatic rings. The van der Waals surface area contributed by atoms with E-state index in [4.69, 9.17) is 26.8 Å². The van der Waals surface area contributed by atoms with Crippen LogP contribution in [0.3, 0.4) is 0 Å². The molecule has 2 N–H and O–H groups in total. The zero-order chi connectivity index (χ0) is 21.7. The fourth-order valence-corrected chi connectivity index (χ4v) is 4.17. The van der Waals surface area contributed by atoms with Gasteiger partial charge in [-0.05, 0) is 48.6 Å². The summed E-state index contributed by atoms with van der Waals surface area (Å²) >= 11 is 9.81. The average molecular weight is 494 g/mol. The molecule has 0 saturated heterocycles. The number of nitrogens with two attached hydrogens (primary N) is 1. The van der Waals surface area contributed by atoms with E-state index in [1.54, 1.807) is 29.2 Å². The molecule has 8 heteroatoms. The molecule has 0 aliphatic carbocycles. The molecule has 6 nitrogen and oxygen atoms in total. The zero-order valence-electron chi connectivity index (χ0n) is 16.3. The van der Waals surface area contributed by atoms with Crippen LogP contribution in [0.5, 0.6) is 5.75 Å². The number of fused-ring (bicyclic) bond motifs is 1. The second kappa shape index (κ2) is 10.1. The second-order valence-corrected chi connectivity index (χ2v) is 8.12. The van der Waals surface area contributed by atoms with Crippen molar-refractivity contribution in [2.45, 2.75) is 25.3 Å². The van der Waals surface area contributed by atoms with Crippen LogP contribution in [0.15, 0.2) is 53.5 Å². The van der Waals surface area contributed by atoms with Crippen molar-refractivity contribution in [2.24, 2.45) is 5.73 Å². The van der Waals surface area contributed by atoms with Crippen molar-refractivity contribution in [1.29, 1.82) is 0 Å². The van der Waals surface area contributed by atoms with E-state index in [2.05, 4.69) is 22.5 Å². The molecule has 2 aromatic carbocycles. The van der Waals surface area contributed by atoms with Gasteiger partial charge in [0.15, 0.2) is 0 Å². The van der Waals surface area contributed by atoms with Crippen LogP contribution in [0.2, 0.25) is 5.02 Å². The highest BCUT2D eigenvalue weighted by Crippen LogP contribution is 2.34. The van der Waals surface area contributed by atoms with Crippen molar-refractivity contribution in [1.82, 2.24) is 0 Å².